The summed E-state index contributed by atoms with van der Waals surface area (Å²) >= 11 is 6.90. The highest BCUT2D eigenvalue weighted by Gasteiger charge is 2.20. The van der Waals surface area contributed by atoms with Crippen molar-refractivity contribution >= 4 is 53.8 Å². The van der Waals surface area contributed by atoms with E-state index in [2.05, 4.69) is 38.6 Å². The van der Waals surface area contributed by atoms with Crippen LogP contribution in [0.4, 0.5) is 5.82 Å². The number of nitrogen functional groups attached to an aromatic ring is 1. The van der Waals surface area contributed by atoms with Gasteiger partial charge in [0.2, 0.25) is 0 Å². The number of hydrogen-bond acceptors (Lipinski definition) is 5. The molecule has 0 radical (unpaired) electrons. The minimum atomic E-state index is 0.417. The molecule has 0 bridgehead atoms. The Morgan fingerprint density at radius 1 is 1.14 bits per heavy atom. The maximum atomic E-state index is 6.02. The van der Waals surface area contributed by atoms with Gasteiger partial charge in [-0.3, -0.25) is 0 Å². The Kier molecular flexibility index (Phi) is 3.10. The number of thiophene rings is 2. The zero-order valence-electron chi connectivity index (χ0n) is 10.7. The lowest BCUT2D eigenvalue weighted by Gasteiger charge is -2.01. The van der Waals surface area contributed by atoms with Crippen LogP contribution in [0.5, 0.6) is 0 Å². The predicted molar refractivity (Wildman–Crippen MR) is 92.7 cm³/mol. The van der Waals surface area contributed by atoms with Crippen LogP contribution in [0.25, 0.3) is 31.2 Å². The molecule has 0 fully saturated rings. The Labute approximate surface area is 137 Å². The molecule has 0 aliphatic heterocycles. The van der Waals surface area contributed by atoms with Crippen molar-refractivity contribution in [2.75, 3.05) is 5.73 Å². The fraction of sp³-hybridized carbons (Fsp3) is 0. The molecule has 0 aliphatic carbocycles. The van der Waals surface area contributed by atoms with Crippen molar-refractivity contribution in [3.05, 3.63) is 46.3 Å². The number of fused-ring (bicyclic) bond motifs is 1. The van der Waals surface area contributed by atoms with Gasteiger partial charge in [-0.2, -0.15) is 0 Å². The predicted octanol–water partition coefficient (Wildman–Crippen LogP) is 5.63. The maximum Gasteiger partial charge on any atom is 0.186 e. The van der Waals surface area contributed by atoms with Gasteiger partial charge in [0.15, 0.2) is 11.6 Å². The summed E-state index contributed by atoms with van der Waals surface area (Å²) in [5.41, 5.74) is 7.86. The molecule has 3 aromatic heterocycles. The second-order valence-corrected chi connectivity index (χ2v) is 7.49. The number of anilines is 1. The number of rotatable bonds is 2. The van der Waals surface area contributed by atoms with E-state index in [9.17, 15) is 0 Å². The van der Waals surface area contributed by atoms with Gasteiger partial charge in [-0.1, -0.05) is 33.2 Å². The topological polar surface area (TPSA) is 52.0 Å². The lowest BCUT2D eigenvalue weighted by molar-refractivity contribution is 0.437. The van der Waals surface area contributed by atoms with Crippen LogP contribution in [0, 0.1) is 0 Å². The Hall–Kier alpha value is -1.63. The number of nitrogens with two attached hydrogens (primary N) is 1. The molecule has 0 unspecified atom stereocenters. The fourth-order valence-electron chi connectivity index (χ4n) is 2.27. The van der Waals surface area contributed by atoms with Gasteiger partial charge in [0.25, 0.3) is 0 Å². The van der Waals surface area contributed by atoms with Gasteiger partial charge < -0.3 is 10.3 Å². The first-order valence-corrected chi connectivity index (χ1v) is 8.70. The number of benzene rings is 1. The first-order valence-electron chi connectivity index (χ1n) is 6.21. The molecule has 0 spiro atoms. The third-order valence-corrected chi connectivity index (χ3v) is 5.78. The summed E-state index contributed by atoms with van der Waals surface area (Å²) in [6.45, 7) is 0. The summed E-state index contributed by atoms with van der Waals surface area (Å²) in [6, 6.07) is 12.2. The summed E-state index contributed by atoms with van der Waals surface area (Å²) in [6.07, 6.45) is 0. The second-order valence-electron chi connectivity index (χ2n) is 4.54. The first kappa shape index (κ1) is 13.1. The van der Waals surface area contributed by atoms with Crippen LogP contribution in [-0.4, -0.2) is 5.16 Å². The van der Waals surface area contributed by atoms with E-state index in [1.54, 1.807) is 22.7 Å². The lowest BCUT2D eigenvalue weighted by atomic mass is 10.1. The zero-order valence-corrected chi connectivity index (χ0v) is 13.9. The highest BCUT2D eigenvalue weighted by molar-refractivity contribution is 9.10. The molecular formula is C15H9BrN2OS2. The summed E-state index contributed by atoms with van der Waals surface area (Å²) in [4.78, 5) is 1.05. The highest BCUT2D eigenvalue weighted by Crippen LogP contribution is 2.43. The van der Waals surface area contributed by atoms with Gasteiger partial charge in [0.1, 0.15) is 0 Å². The number of aromatic nitrogens is 1. The molecule has 0 amide bonds. The number of hydrogen-bond donors (Lipinski definition) is 1. The van der Waals surface area contributed by atoms with Crippen molar-refractivity contribution in [1.29, 1.82) is 0 Å². The Bertz CT molecular complexity index is 910. The first-order chi connectivity index (χ1) is 10.2. The van der Waals surface area contributed by atoms with Crippen LogP contribution in [0.3, 0.4) is 0 Å². The van der Waals surface area contributed by atoms with E-state index in [0.29, 0.717) is 5.82 Å². The Balaban J connectivity index is 1.92. The van der Waals surface area contributed by atoms with Gasteiger partial charge in [-0.15, -0.1) is 22.7 Å². The summed E-state index contributed by atoms with van der Waals surface area (Å²) in [7, 11) is 0. The third kappa shape index (κ3) is 2.19. The molecule has 104 valence electrons. The van der Waals surface area contributed by atoms with Crippen molar-refractivity contribution < 1.29 is 4.52 Å². The molecule has 4 aromatic rings. The molecule has 0 atom stereocenters. The van der Waals surface area contributed by atoms with Crippen LogP contribution >= 0.6 is 38.6 Å². The Morgan fingerprint density at radius 2 is 2.05 bits per heavy atom. The quantitative estimate of drug-likeness (QED) is 0.493. The molecule has 0 aliphatic rings. The van der Waals surface area contributed by atoms with Gasteiger partial charge >= 0.3 is 0 Å². The third-order valence-electron chi connectivity index (χ3n) is 3.19. The molecule has 0 saturated carbocycles. The van der Waals surface area contributed by atoms with Gasteiger partial charge in [-0.05, 0) is 35.2 Å². The monoisotopic (exact) mass is 376 g/mol. The van der Waals surface area contributed by atoms with Gasteiger partial charge in [0, 0.05) is 13.9 Å². The van der Waals surface area contributed by atoms with Crippen LogP contribution in [0.15, 0.2) is 50.8 Å². The van der Waals surface area contributed by atoms with Gasteiger partial charge in [0.05, 0.1) is 10.4 Å². The fourth-order valence-corrected chi connectivity index (χ4v) is 4.76. The molecule has 2 N–H and O–H groups in total. The highest BCUT2D eigenvalue weighted by atomic mass is 79.9. The van der Waals surface area contributed by atoms with Crippen molar-refractivity contribution in [2.45, 2.75) is 0 Å². The van der Waals surface area contributed by atoms with E-state index < -0.39 is 0 Å². The van der Waals surface area contributed by atoms with E-state index in [0.717, 1.165) is 26.2 Å². The summed E-state index contributed by atoms with van der Waals surface area (Å²) < 4.78 is 9.01. The van der Waals surface area contributed by atoms with Crippen LogP contribution in [-0.2, 0) is 0 Å². The average Bonchev–Trinajstić information content (AvgIpc) is 3.11. The normalized spacial score (nSPS) is 11.3. The van der Waals surface area contributed by atoms with Crippen LogP contribution in [0.2, 0.25) is 0 Å². The molecule has 21 heavy (non-hydrogen) atoms. The van der Waals surface area contributed by atoms with E-state index in [-0.39, 0.29) is 0 Å². The van der Waals surface area contributed by atoms with Crippen molar-refractivity contribution in [3.8, 4) is 21.8 Å². The SMILES string of the molecule is Nc1noc(-c2cc3sccc3s2)c1-c1cccc(Br)c1. The average molecular weight is 377 g/mol. The standard InChI is InChI=1S/C15H9BrN2OS2/c16-9-3-1-2-8(6-9)13-14(19-18-15(13)17)12-7-11-10(21-12)4-5-20-11/h1-7H,(H2,17,18). The minimum absolute atomic E-state index is 0.417. The molecular weight excluding hydrogens is 368 g/mol. The smallest absolute Gasteiger partial charge is 0.186 e. The van der Waals surface area contributed by atoms with Crippen molar-refractivity contribution in [3.63, 3.8) is 0 Å². The van der Waals surface area contributed by atoms with E-state index in [1.165, 1.54) is 9.40 Å². The summed E-state index contributed by atoms with van der Waals surface area (Å²) in [5, 5.41) is 6.04. The van der Waals surface area contributed by atoms with E-state index >= 15 is 0 Å². The van der Waals surface area contributed by atoms with Crippen molar-refractivity contribution in [1.82, 2.24) is 5.16 Å². The van der Waals surface area contributed by atoms with E-state index in [4.69, 9.17) is 10.3 Å². The van der Waals surface area contributed by atoms with Crippen LogP contribution < -0.4 is 5.73 Å². The van der Waals surface area contributed by atoms with Crippen molar-refractivity contribution in [2.24, 2.45) is 0 Å². The molecule has 1 aromatic carbocycles. The van der Waals surface area contributed by atoms with Crippen LogP contribution in [0.1, 0.15) is 0 Å². The number of nitrogens with zero attached hydrogens (tertiary/aromatic N) is 1. The van der Waals surface area contributed by atoms with Gasteiger partial charge in [-0.25, -0.2) is 0 Å². The number of halogens is 1. The Morgan fingerprint density at radius 3 is 2.86 bits per heavy atom. The molecule has 3 heterocycles. The largest absolute Gasteiger partial charge is 0.380 e. The van der Waals surface area contributed by atoms with E-state index in [1.807, 2.05) is 24.3 Å². The zero-order chi connectivity index (χ0) is 14.4. The molecule has 4 rings (SSSR count). The minimum Gasteiger partial charge on any atom is -0.380 e. The molecule has 3 nitrogen and oxygen atoms in total. The summed E-state index contributed by atoms with van der Waals surface area (Å²) in [5.74, 6) is 1.15. The molecule has 6 heteroatoms. The second kappa shape index (κ2) is 4.98. The molecule has 0 saturated heterocycles. The lowest BCUT2D eigenvalue weighted by Crippen LogP contribution is -1.88. The maximum absolute atomic E-state index is 6.02.